The molecule has 2 heterocycles. The summed E-state index contributed by atoms with van der Waals surface area (Å²) in [5.74, 6) is 0. The molecule has 46 heavy (non-hydrogen) atoms. The van der Waals surface area contributed by atoms with Crippen molar-refractivity contribution in [2.45, 2.75) is 57.8 Å². The van der Waals surface area contributed by atoms with Crippen LogP contribution < -0.4 is 0 Å². The summed E-state index contributed by atoms with van der Waals surface area (Å²) < 4.78 is 2.64. The molecule has 11 rings (SSSR count). The van der Waals surface area contributed by atoms with Crippen LogP contribution in [-0.4, -0.2) is 4.40 Å². The van der Waals surface area contributed by atoms with Crippen LogP contribution in [0.5, 0.6) is 0 Å². The van der Waals surface area contributed by atoms with E-state index in [0.717, 1.165) is 0 Å². The Morgan fingerprint density at radius 1 is 0.413 bits per heavy atom. The molecule has 0 saturated heterocycles. The van der Waals surface area contributed by atoms with Gasteiger partial charge < -0.3 is 4.40 Å². The minimum Gasteiger partial charge on any atom is -0.308 e. The molecule has 220 valence electrons. The van der Waals surface area contributed by atoms with Gasteiger partial charge in [-0.2, -0.15) is 0 Å². The highest BCUT2D eigenvalue weighted by atomic mass is 14.9. The van der Waals surface area contributed by atoms with E-state index in [1.165, 1.54) is 105 Å². The highest BCUT2D eigenvalue weighted by Crippen LogP contribution is 2.61. The van der Waals surface area contributed by atoms with Gasteiger partial charge in [0.1, 0.15) is 0 Å². The van der Waals surface area contributed by atoms with Crippen LogP contribution in [0.15, 0.2) is 103 Å². The normalized spacial score (nSPS) is 17.4. The smallest absolute Gasteiger partial charge is 0.0627 e. The van der Waals surface area contributed by atoms with Gasteiger partial charge in [-0.1, -0.05) is 126 Å². The van der Waals surface area contributed by atoms with E-state index in [0.29, 0.717) is 0 Å². The zero-order chi connectivity index (χ0) is 31.1. The lowest BCUT2D eigenvalue weighted by molar-refractivity contribution is 0.661. The number of hydrogen-bond donors (Lipinski definition) is 0. The highest BCUT2D eigenvalue weighted by molar-refractivity contribution is 6.31. The van der Waals surface area contributed by atoms with Crippen LogP contribution in [0.2, 0.25) is 0 Å². The molecule has 8 aromatic rings. The summed E-state index contributed by atoms with van der Waals surface area (Å²) >= 11 is 0. The predicted molar refractivity (Wildman–Crippen MR) is 194 cm³/mol. The summed E-state index contributed by atoms with van der Waals surface area (Å²) in [7, 11) is 0. The lowest BCUT2D eigenvalue weighted by Crippen LogP contribution is -2.16. The summed E-state index contributed by atoms with van der Waals surface area (Å²) in [4.78, 5) is 0. The quantitative estimate of drug-likeness (QED) is 0.166. The molecule has 2 aromatic heterocycles. The van der Waals surface area contributed by atoms with Crippen molar-refractivity contribution in [3.05, 3.63) is 137 Å². The molecule has 0 saturated carbocycles. The van der Waals surface area contributed by atoms with Crippen LogP contribution in [0.25, 0.3) is 71.5 Å². The summed E-state index contributed by atoms with van der Waals surface area (Å²) in [5, 5.41) is 5.71. The van der Waals surface area contributed by atoms with Gasteiger partial charge in [-0.25, -0.2) is 0 Å². The van der Waals surface area contributed by atoms with E-state index in [4.69, 9.17) is 0 Å². The SMILES string of the molecule is CC1(C)c2ccccc2-c2c1cc1c3c4c(ccc3n3c5ccc6c(c5c2c13)C(C)(C)c1ccccc1-6)-c1ccccc1C4(C)C. The van der Waals surface area contributed by atoms with E-state index >= 15 is 0 Å². The van der Waals surface area contributed by atoms with E-state index in [1.54, 1.807) is 0 Å². The molecule has 0 amide bonds. The lowest BCUT2D eigenvalue weighted by atomic mass is 9.78. The Labute approximate surface area is 269 Å². The maximum Gasteiger partial charge on any atom is 0.0627 e. The van der Waals surface area contributed by atoms with Crippen LogP contribution in [-0.2, 0) is 16.2 Å². The number of nitrogens with zero attached hydrogens (tertiary/aromatic N) is 1. The molecule has 1 heteroatoms. The molecule has 6 aromatic carbocycles. The van der Waals surface area contributed by atoms with E-state index in [1.807, 2.05) is 0 Å². The zero-order valence-corrected chi connectivity index (χ0v) is 27.3. The van der Waals surface area contributed by atoms with Crippen LogP contribution in [0.3, 0.4) is 0 Å². The number of fused-ring (bicyclic) bond motifs is 18. The minimum absolute atomic E-state index is 0.0915. The maximum atomic E-state index is 2.64. The van der Waals surface area contributed by atoms with Gasteiger partial charge in [0.25, 0.3) is 0 Å². The monoisotopic (exact) mass is 589 g/mol. The van der Waals surface area contributed by atoms with Gasteiger partial charge in [-0.3, -0.25) is 0 Å². The zero-order valence-electron chi connectivity index (χ0n) is 27.3. The van der Waals surface area contributed by atoms with E-state index in [2.05, 4.69) is 149 Å². The molecule has 3 aliphatic rings. The summed E-state index contributed by atoms with van der Waals surface area (Å²) in [5.41, 5.74) is 20.9. The second-order valence-corrected chi connectivity index (χ2v) is 15.7. The van der Waals surface area contributed by atoms with Gasteiger partial charge >= 0.3 is 0 Å². The fourth-order valence-corrected chi connectivity index (χ4v) is 10.5. The average molecular weight is 590 g/mol. The maximum absolute atomic E-state index is 2.64. The van der Waals surface area contributed by atoms with Crippen LogP contribution in [0.4, 0.5) is 0 Å². The molecule has 0 fully saturated rings. The Kier molecular flexibility index (Phi) is 4.16. The molecule has 0 radical (unpaired) electrons. The molecule has 0 aliphatic heterocycles. The summed E-state index contributed by atoms with van der Waals surface area (Å²) in [6.07, 6.45) is 0. The Morgan fingerprint density at radius 3 is 1.48 bits per heavy atom. The van der Waals surface area contributed by atoms with Crippen molar-refractivity contribution in [3.8, 4) is 33.4 Å². The number of hydrogen-bond acceptors (Lipinski definition) is 0. The molecule has 0 bridgehead atoms. The Morgan fingerprint density at radius 2 is 0.891 bits per heavy atom. The first-order chi connectivity index (χ1) is 22.1. The standard InChI is InChI=1S/C45H35N/c1-43(2)32-18-12-9-15-28(32)36-33(43)23-29-37-34(21-19-26-24-13-7-10-16-30(24)44(3,4)40(26)37)46-35-22-20-27-25-14-8-11-17-31(25)45(5,6)41(27)38(35)39(36)42(29)46/h7-23H,1-6H3. The van der Waals surface area contributed by atoms with Crippen molar-refractivity contribution in [1.82, 2.24) is 4.40 Å². The topological polar surface area (TPSA) is 4.41 Å². The summed E-state index contributed by atoms with van der Waals surface area (Å²) in [6, 6.07) is 39.6. The van der Waals surface area contributed by atoms with Crippen molar-refractivity contribution in [2.24, 2.45) is 0 Å². The summed E-state index contributed by atoms with van der Waals surface area (Å²) in [6.45, 7) is 14.6. The van der Waals surface area contributed by atoms with Crippen molar-refractivity contribution in [2.75, 3.05) is 0 Å². The molecule has 0 spiro atoms. The van der Waals surface area contributed by atoms with Crippen molar-refractivity contribution in [3.63, 3.8) is 0 Å². The molecule has 3 aliphatic carbocycles. The average Bonchev–Trinajstić information content (AvgIpc) is 3.77. The third-order valence-electron chi connectivity index (χ3n) is 12.5. The fraction of sp³-hybridized carbons (Fsp3) is 0.200. The Balaban J connectivity index is 1.42. The highest BCUT2D eigenvalue weighted by Gasteiger charge is 2.44. The van der Waals surface area contributed by atoms with Gasteiger partial charge in [-0.05, 0) is 85.0 Å². The first-order valence-electron chi connectivity index (χ1n) is 16.8. The van der Waals surface area contributed by atoms with Crippen molar-refractivity contribution >= 4 is 38.1 Å². The molecule has 0 atom stereocenters. The van der Waals surface area contributed by atoms with E-state index in [-0.39, 0.29) is 16.2 Å². The second-order valence-electron chi connectivity index (χ2n) is 15.7. The number of benzene rings is 6. The van der Waals surface area contributed by atoms with Crippen LogP contribution in [0.1, 0.15) is 74.9 Å². The largest absolute Gasteiger partial charge is 0.308 e. The van der Waals surface area contributed by atoms with Gasteiger partial charge in [0.15, 0.2) is 0 Å². The van der Waals surface area contributed by atoms with Gasteiger partial charge in [0, 0.05) is 37.8 Å². The number of aromatic nitrogens is 1. The van der Waals surface area contributed by atoms with Gasteiger partial charge in [-0.15, -0.1) is 0 Å². The third kappa shape index (κ3) is 2.52. The van der Waals surface area contributed by atoms with Crippen LogP contribution in [0, 0.1) is 0 Å². The first kappa shape index (κ1) is 25.3. The van der Waals surface area contributed by atoms with Crippen molar-refractivity contribution in [1.29, 1.82) is 0 Å². The van der Waals surface area contributed by atoms with Crippen molar-refractivity contribution < 1.29 is 0 Å². The molecular weight excluding hydrogens is 555 g/mol. The minimum atomic E-state index is -0.106. The number of rotatable bonds is 0. The lowest BCUT2D eigenvalue weighted by Gasteiger charge is -2.24. The Bertz CT molecular complexity index is 2710. The fourth-order valence-electron chi connectivity index (χ4n) is 10.5. The molecule has 1 nitrogen and oxygen atoms in total. The second kappa shape index (κ2) is 7.56. The van der Waals surface area contributed by atoms with E-state index in [9.17, 15) is 0 Å². The molecular formula is C45H35N. The van der Waals surface area contributed by atoms with Crippen LogP contribution >= 0.6 is 0 Å². The van der Waals surface area contributed by atoms with Gasteiger partial charge in [0.2, 0.25) is 0 Å². The third-order valence-corrected chi connectivity index (χ3v) is 12.5. The molecule has 0 unspecified atom stereocenters. The van der Waals surface area contributed by atoms with E-state index < -0.39 is 0 Å². The van der Waals surface area contributed by atoms with Gasteiger partial charge in [0.05, 0.1) is 16.6 Å². The molecule has 0 N–H and O–H groups in total. The first-order valence-corrected chi connectivity index (χ1v) is 16.8. The Hall–Kier alpha value is -4.88. The predicted octanol–water partition coefficient (Wildman–Crippen LogP) is 11.8.